The van der Waals surface area contributed by atoms with Gasteiger partial charge in [-0.3, -0.25) is 29.7 Å². The first kappa shape index (κ1) is 20.4. The molecule has 152 valence electrons. The van der Waals surface area contributed by atoms with Gasteiger partial charge in [0.05, 0.1) is 17.6 Å². The number of carbonyl (C=O) groups excluding carboxylic acids is 2. The van der Waals surface area contributed by atoms with Crippen molar-refractivity contribution in [1.29, 1.82) is 0 Å². The summed E-state index contributed by atoms with van der Waals surface area (Å²) in [7, 11) is 0. The SMILES string of the molecule is CCC1(C(=O)NC(CC(=O)O)C(=O)CF)C=C(c2cnc3ccccc3c2)NO1. The summed E-state index contributed by atoms with van der Waals surface area (Å²) in [6.07, 6.45) is 2.66. The molecular weight excluding hydrogens is 381 g/mol. The Labute approximate surface area is 165 Å². The molecular formula is C20H20FN3O5. The Morgan fingerprint density at radius 3 is 2.79 bits per heavy atom. The maximum Gasteiger partial charge on any atom is 0.305 e. The van der Waals surface area contributed by atoms with Crippen LogP contribution in [0.15, 0.2) is 42.6 Å². The Hall–Kier alpha value is -3.33. The number of para-hydroxylation sites is 1. The summed E-state index contributed by atoms with van der Waals surface area (Å²) in [5.41, 5.74) is 3.24. The first-order valence-electron chi connectivity index (χ1n) is 9.02. The number of carboxylic acid groups (broad SMARTS) is 1. The number of rotatable bonds is 8. The van der Waals surface area contributed by atoms with E-state index in [4.69, 9.17) is 9.94 Å². The zero-order valence-corrected chi connectivity index (χ0v) is 15.6. The molecule has 1 aliphatic heterocycles. The summed E-state index contributed by atoms with van der Waals surface area (Å²) < 4.78 is 12.7. The molecule has 0 saturated carbocycles. The highest BCUT2D eigenvalue weighted by Gasteiger charge is 2.43. The van der Waals surface area contributed by atoms with Crippen LogP contribution in [-0.4, -0.2) is 46.1 Å². The van der Waals surface area contributed by atoms with E-state index in [9.17, 15) is 18.8 Å². The highest BCUT2D eigenvalue weighted by Crippen LogP contribution is 2.30. The van der Waals surface area contributed by atoms with Crippen LogP contribution >= 0.6 is 0 Å². The van der Waals surface area contributed by atoms with Crippen LogP contribution in [0, 0.1) is 0 Å². The maximum absolute atomic E-state index is 12.8. The molecule has 3 N–H and O–H groups in total. The molecule has 9 heteroatoms. The fourth-order valence-corrected chi connectivity index (χ4v) is 3.04. The van der Waals surface area contributed by atoms with Crippen molar-refractivity contribution in [3.05, 3.63) is 48.2 Å². The molecule has 2 atom stereocenters. The molecule has 2 aromatic rings. The number of fused-ring (bicyclic) bond motifs is 1. The van der Waals surface area contributed by atoms with Crippen LogP contribution in [0.2, 0.25) is 0 Å². The number of aromatic nitrogens is 1. The van der Waals surface area contributed by atoms with Crippen molar-refractivity contribution in [3.63, 3.8) is 0 Å². The molecule has 0 saturated heterocycles. The van der Waals surface area contributed by atoms with Gasteiger partial charge in [0.1, 0.15) is 12.7 Å². The number of aliphatic carboxylic acids is 1. The van der Waals surface area contributed by atoms with Crippen molar-refractivity contribution in [2.45, 2.75) is 31.4 Å². The number of nitrogens with one attached hydrogen (secondary N) is 2. The minimum absolute atomic E-state index is 0.194. The Kier molecular flexibility index (Phi) is 5.88. The number of nitrogens with zero attached hydrogens (tertiary/aromatic N) is 1. The van der Waals surface area contributed by atoms with Gasteiger partial charge >= 0.3 is 5.97 Å². The highest BCUT2D eigenvalue weighted by molar-refractivity contribution is 5.97. The molecule has 0 spiro atoms. The van der Waals surface area contributed by atoms with Gasteiger partial charge in [-0.15, -0.1) is 0 Å². The lowest BCUT2D eigenvalue weighted by atomic mass is 9.96. The smallest absolute Gasteiger partial charge is 0.305 e. The number of alkyl halides is 1. The standard InChI is InChI=1S/C20H20FN3O5/c1-2-20(19(28)23-15(8-18(26)27)17(25)10-21)9-16(24-29-20)13-7-12-5-3-4-6-14(12)22-11-13/h3-7,9,11,15,24H,2,8,10H2,1H3,(H,23,28)(H,26,27). The van der Waals surface area contributed by atoms with Crippen molar-refractivity contribution in [2.24, 2.45) is 0 Å². The number of hydrogen-bond donors (Lipinski definition) is 3. The van der Waals surface area contributed by atoms with Crippen LogP contribution in [0.4, 0.5) is 4.39 Å². The fraction of sp³-hybridized carbons (Fsp3) is 0.300. The van der Waals surface area contributed by atoms with Crippen LogP contribution in [0.1, 0.15) is 25.3 Å². The van der Waals surface area contributed by atoms with E-state index in [1.54, 1.807) is 19.2 Å². The second-order valence-corrected chi connectivity index (χ2v) is 6.65. The number of benzene rings is 1. The second-order valence-electron chi connectivity index (χ2n) is 6.65. The molecule has 0 bridgehead atoms. The van der Waals surface area contributed by atoms with Gasteiger partial charge in [0, 0.05) is 17.1 Å². The third kappa shape index (κ3) is 4.24. The van der Waals surface area contributed by atoms with Gasteiger partial charge in [-0.25, -0.2) is 4.39 Å². The van der Waals surface area contributed by atoms with E-state index in [1.165, 1.54) is 0 Å². The van der Waals surface area contributed by atoms with E-state index in [0.717, 1.165) is 10.9 Å². The van der Waals surface area contributed by atoms with Crippen LogP contribution < -0.4 is 10.8 Å². The third-order valence-corrected chi connectivity index (χ3v) is 4.74. The van der Waals surface area contributed by atoms with Gasteiger partial charge in [-0.2, -0.15) is 0 Å². The maximum atomic E-state index is 12.8. The fourth-order valence-electron chi connectivity index (χ4n) is 3.04. The zero-order valence-electron chi connectivity index (χ0n) is 15.6. The predicted molar refractivity (Wildman–Crippen MR) is 102 cm³/mol. The van der Waals surface area contributed by atoms with E-state index >= 15 is 0 Å². The predicted octanol–water partition coefficient (Wildman–Crippen LogP) is 1.76. The van der Waals surface area contributed by atoms with E-state index < -0.39 is 42.4 Å². The van der Waals surface area contributed by atoms with Crippen molar-refractivity contribution >= 4 is 34.3 Å². The number of hydrogen-bond acceptors (Lipinski definition) is 6. The number of Topliss-reactive ketones (excluding diaryl/α,β-unsaturated/α-hetero) is 1. The van der Waals surface area contributed by atoms with E-state index in [2.05, 4.69) is 15.8 Å². The summed E-state index contributed by atoms with van der Waals surface area (Å²) in [6, 6.07) is 7.95. The van der Waals surface area contributed by atoms with Crippen molar-refractivity contribution in [1.82, 2.24) is 15.8 Å². The Morgan fingerprint density at radius 2 is 2.10 bits per heavy atom. The Balaban J connectivity index is 1.86. The summed E-state index contributed by atoms with van der Waals surface area (Å²) in [5, 5.41) is 12.1. The first-order valence-corrected chi connectivity index (χ1v) is 9.02. The molecule has 1 aliphatic rings. The molecule has 1 aromatic heterocycles. The average Bonchev–Trinajstić information content (AvgIpc) is 3.18. The molecule has 0 aliphatic carbocycles. The van der Waals surface area contributed by atoms with Gasteiger partial charge in [0.15, 0.2) is 11.4 Å². The molecule has 0 fully saturated rings. The lowest BCUT2D eigenvalue weighted by Gasteiger charge is -2.25. The topological polar surface area (TPSA) is 118 Å². The van der Waals surface area contributed by atoms with E-state index in [-0.39, 0.29) is 6.42 Å². The molecule has 1 amide bonds. The van der Waals surface area contributed by atoms with Crippen LogP contribution in [0.3, 0.4) is 0 Å². The summed E-state index contributed by atoms with van der Waals surface area (Å²) in [5.74, 6) is -3.07. The zero-order chi connectivity index (χ0) is 21.0. The number of carbonyl (C=O) groups is 3. The quantitative estimate of drug-likeness (QED) is 0.617. The minimum Gasteiger partial charge on any atom is -0.481 e. The first-order chi connectivity index (χ1) is 13.9. The van der Waals surface area contributed by atoms with Crippen molar-refractivity contribution in [2.75, 3.05) is 6.67 Å². The third-order valence-electron chi connectivity index (χ3n) is 4.74. The Morgan fingerprint density at radius 1 is 1.34 bits per heavy atom. The number of hydroxylamine groups is 1. The number of ketones is 1. The molecule has 1 aromatic carbocycles. The minimum atomic E-state index is -1.48. The van der Waals surface area contributed by atoms with Gasteiger partial charge in [-0.1, -0.05) is 25.1 Å². The lowest BCUT2D eigenvalue weighted by Crippen LogP contribution is -2.53. The van der Waals surface area contributed by atoms with Crippen LogP contribution in [-0.2, 0) is 19.2 Å². The number of amides is 1. The molecule has 2 unspecified atom stereocenters. The summed E-state index contributed by atoms with van der Waals surface area (Å²) in [4.78, 5) is 45.3. The second kappa shape index (κ2) is 8.36. The number of pyridine rings is 1. The molecule has 8 nitrogen and oxygen atoms in total. The van der Waals surface area contributed by atoms with Gasteiger partial charge in [-0.05, 0) is 24.6 Å². The van der Waals surface area contributed by atoms with Crippen molar-refractivity contribution < 1.29 is 28.7 Å². The molecule has 0 radical (unpaired) electrons. The number of carboxylic acids is 1. The van der Waals surface area contributed by atoms with E-state index in [0.29, 0.717) is 11.3 Å². The van der Waals surface area contributed by atoms with Crippen molar-refractivity contribution in [3.8, 4) is 0 Å². The lowest BCUT2D eigenvalue weighted by molar-refractivity contribution is -0.147. The average molecular weight is 401 g/mol. The molecule has 3 rings (SSSR count). The summed E-state index contributed by atoms with van der Waals surface area (Å²) in [6.45, 7) is 0.322. The van der Waals surface area contributed by atoms with Crippen LogP contribution in [0.5, 0.6) is 0 Å². The number of halogens is 1. The van der Waals surface area contributed by atoms with Gasteiger partial charge < -0.3 is 10.4 Å². The largest absolute Gasteiger partial charge is 0.481 e. The normalized spacial score (nSPS) is 19.3. The van der Waals surface area contributed by atoms with Crippen LogP contribution in [0.25, 0.3) is 16.6 Å². The molecule has 2 heterocycles. The van der Waals surface area contributed by atoms with Gasteiger partial charge in [0.25, 0.3) is 5.91 Å². The summed E-state index contributed by atoms with van der Waals surface area (Å²) >= 11 is 0. The monoisotopic (exact) mass is 401 g/mol. The highest BCUT2D eigenvalue weighted by atomic mass is 19.1. The van der Waals surface area contributed by atoms with Gasteiger partial charge in [0.2, 0.25) is 0 Å². The molecule has 29 heavy (non-hydrogen) atoms. The van der Waals surface area contributed by atoms with E-state index in [1.807, 2.05) is 30.3 Å². The Bertz CT molecular complexity index is 993.